The topological polar surface area (TPSA) is 58.2 Å². The second kappa shape index (κ2) is 8.13. The molecule has 4 nitrogen and oxygen atoms in total. The number of carbonyl (C=O) groups excluding carboxylic acids is 2. The number of halogens is 1. The first-order valence-corrected chi connectivity index (χ1v) is 8.60. The summed E-state index contributed by atoms with van der Waals surface area (Å²) in [5, 5.41) is 8.07. The monoisotopic (exact) mass is 350 g/mol. The zero-order valence-corrected chi connectivity index (χ0v) is 14.6. The lowest BCUT2D eigenvalue weighted by Crippen LogP contribution is -2.49. The molecule has 2 rings (SSSR count). The highest BCUT2D eigenvalue weighted by Gasteiger charge is 2.24. The van der Waals surface area contributed by atoms with Crippen LogP contribution in [0, 0.1) is 5.92 Å². The molecule has 1 aromatic heterocycles. The van der Waals surface area contributed by atoms with E-state index in [0.29, 0.717) is 16.4 Å². The molecule has 122 valence electrons. The quantitative estimate of drug-likeness (QED) is 0.838. The van der Waals surface area contributed by atoms with Crippen molar-refractivity contribution in [2.45, 2.75) is 26.4 Å². The largest absolute Gasteiger partial charge is 0.350 e. The minimum Gasteiger partial charge on any atom is -0.350 e. The van der Waals surface area contributed by atoms with E-state index in [0.717, 1.165) is 5.56 Å². The van der Waals surface area contributed by atoms with Crippen molar-refractivity contribution in [1.82, 2.24) is 10.6 Å². The van der Waals surface area contributed by atoms with Gasteiger partial charge in [0.05, 0.1) is 4.88 Å². The van der Waals surface area contributed by atoms with Crippen LogP contribution in [0.4, 0.5) is 0 Å². The van der Waals surface area contributed by atoms with E-state index in [9.17, 15) is 9.59 Å². The summed E-state index contributed by atoms with van der Waals surface area (Å²) in [4.78, 5) is 25.2. The molecule has 23 heavy (non-hydrogen) atoms. The molecule has 1 aromatic carbocycles. The third-order valence-corrected chi connectivity index (χ3v) is 4.63. The number of nitrogens with one attached hydrogen (secondary N) is 2. The van der Waals surface area contributed by atoms with Gasteiger partial charge in [0.25, 0.3) is 5.91 Å². The number of hydrogen-bond donors (Lipinski definition) is 2. The zero-order chi connectivity index (χ0) is 16.8. The predicted octanol–water partition coefficient (Wildman–Crippen LogP) is 3.47. The first-order chi connectivity index (χ1) is 11.0. The Bertz CT molecular complexity index is 671. The fourth-order valence-electron chi connectivity index (χ4n) is 2.09. The molecule has 0 saturated heterocycles. The van der Waals surface area contributed by atoms with Gasteiger partial charge in [0.2, 0.25) is 5.91 Å². The lowest BCUT2D eigenvalue weighted by atomic mass is 10.0. The van der Waals surface area contributed by atoms with Gasteiger partial charge in [0.15, 0.2) is 0 Å². The molecule has 0 aliphatic rings. The van der Waals surface area contributed by atoms with Gasteiger partial charge in [-0.25, -0.2) is 0 Å². The average molecular weight is 351 g/mol. The summed E-state index contributed by atoms with van der Waals surface area (Å²) < 4.78 is 0. The molecule has 6 heteroatoms. The van der Waals surface area contributed by atoms with E-state index >= 15 is 0 Å². The standard InChI is InChI=1S/C17H19ClN2O2S/c1-11(2)15(20-16(21)14-8-5-9-23-14)17(22)19-10-12-6-3-4-7-13(12)18/h3-9,11,15H,10H2,1-2H3,(H,19,22)(H,20,21)/t15-/m1/s1. The van der Waals surface area contributed by atoms with Crippen molar-refractivity contribution in [2.75, 3.05) is 0 Å². The SMILES string of the molecule is CC(C)[C@@H](NC(=O)c1cccs1)C(=O)NCc1ccccc1Cl. The van der Waals surface area contributed by atoms with E-state index in [1.54, 1.807) is 18.2 Å². The molecule has 2 aromatic rings. The fraction of sp³-hybridized carbons (Fsp3) is 0.294. The highest BCUT2D eigenvalue weighted by molar-refractivity contribution is 7.12. The van der Waals surface area contributed by atoms with Crippen LogP contribution in [-0.2, 0) is 11.3 Å². The molecule has 0 radical (unpaired) electrons. The summed E-state index contributed by atoms with van der Waals surface area (Å²) in [5.74, 6) is -0.471. The Hall–Kier alpha value is -1.85. The van der Waals surface area contributed by atoms with Crippen LogP contribution in [0.1, 0.15) is 29.1 Å². The van der Waals surface area contributed by atoms with Crippen molar-refractivity contribution in [3.63, 3.8) is 0 Å². The number of thiophene rings is 1. The third-order valence-electron chi connectivity index (χ3n) is 3.39. The molecule has 0 saturated carbocycles. The van der Waals surface area contributed by atoms with E-state index in [1.165, 1.54) is 11.3 Å². The molecule has 0 unspecified atom stereocenters. The van der Waals surface area contributed by atoms with Crippen molar-refractivity contribution in [1.29, 1.82) is 0 Å². The van der Waals surface area contributed by atoms with Gasteiger partial charge in [-0.15, -0.1) is 11.3 Å². The molecule has 2 amide bonds. The van der Waals surface area contributed by atoms with Crippen molar-refractivity contribution >= 4 is 34.8 Å². The summed E-state index contributed by atoms with van der Waals surface area (Å²) in [5.41, 5.74) is 0.842. The normalized spacial score (nSPS) is 12.0. The van der Waals surface area contributed by atoms with E-state index in [-0.39, 0.29) is 17.7 Å². The third kappa shape index (κ3) is 4.81. The van der Waals surface area contributed by atoms with Crippen LogP contribution in [0.3, 0.4) is 0 Å². The van der Waals surface area contributed by atoms with E-state index in [1.807, 2.05) is 37.4 Å². The Balaban J connectivity index is 1.98. The van der Waals surface area contributed by atoms with Crippen molar-refractivity contribution in [2.24, 2.45) is 5.92 Å². The number of rotatable bonds is 6. The Morgan fingerprint density at radius 2 is 1.91 bits per heavy atom. The fourth-order valence-corrected chi connectivity index (χ4v) is 2.92. The van der Waals surface area contributed by atoms with Gasteiger partial charge in [-0.05, 0) is 29.0 Å². The maximum Gasteiger partial charge on any atom is 0.262 e. The molecule has 1 atom stereocenters. The molecule has 0 fully saturated rings. The molecule has 0 aliphatic carbocycles. The molecule has 1 heterocycles. The number of amides is 2. The summed E-state index contributed by atoms with van der Waals surface area (Å²) in [6, 6.07) is 10.3. The van der Waals surface area contributed by atoms with Gasteiger partial charge in [0, 0.05) is 11.6 Å². The minimum absolute atomic E-state index is 0.0230. The first-order valence-electron chi connectivity index (χ1n) is 7.34. The van der Waals surface area contributed by atoms with Gasteiger partial charge in [0.1, 0.15) is 6.04 Å². The lowest BCUT2D eigenvalue weighted by molar-refractivity contribution is -0.124. The number of benzene rings is 1. The summed E-state index contributed by atoms with van der Waals surface area (Å²) in [7, 11) is 0. The molecule has 0 bridgehead atoms. The van der Waals surface area contributed by atoms with Crippen molar-refractivity contribution in [3.8, 4) is 0 Å². The number of carbonyl (C=O) groups is 2. The summed E-state index contributed by atoms with van der Waals surface area (Å²) in [6.07, 6.45) is 0. The van der Waals surface area contributed by atoms with Crippen LogP contribution in [0.2, 0.25) is 5.02 Å². The second-order valence-electron chi connectivity index (χ2n) is 5.48. The highest BCUT2D eigenvalue weighted by atomic mass is 35.5. The van der Waals surface area contributed by atoms with E-state index in [2.05, 4.69) is 10.6 Å². The Kier molecular flexibility index (Phi) is 6.19. The Morgan fingerprint density at radius 1 is 1.17 bits per heavy atom. The van der Waals surface area contributed by atoms with Crippen LogP contribution in [-0.4, -0.2) is 17.9 Å². The second-order valence-corrected chi connectivity index (χ2v) is 6.84. The maximum absolute atomic E-state index is 12.4. The van der Waals surface area contributed by atoms with E-state index < -0.39 is 6.04 Å². The van der Waals surface area contributed by atoms with Crippen molar-refractivity contribution in [3.05, 3.63) is 57.2 Å². The zero-order valence-electron chi connectivity index (χ0n) is 13.0. The van der Waals surface area contributed by atoms with Crippen LogP contribution >= 0.6 is 22.9 Å². The Morgan fingerprint density at radius 3 is 2.52 bits per heavy atom. The van der Waals surface area contributed by atoms with Crippen LogP contribution in [0.25, 0.3) is 0 Å². The van der Waals surface area contributed by atoms with Gasteiger partial charge in [-0.2, -0.15) is 0 Å². The lowest BCUT2D eigenvalue weighted by Gasteiger charge is -2.21. The van der Waals surface area contributed by atoms with Gasteiger partial charge in [-0.1, -0.05) is 49.7 Å². The maximum atomic E-state index is 12.4. The van der Waals surface area contributed by atoms with E-state index in [4.69, 9.17) is 11.6 Å². The highest BCUT2D eigenvalue weighted by Crippen LogP contribution is 2.15. The molecule has 2 N–H and O–H groups in total. The minimum atomic E-state index is -0.591. The number of hydrogen-bond acceptors (Lipinski definition) is 3. The van der Waals surface area contributed by atoms with Crippen LogP contribution in [0.5, 0.6) is 0 Å². The van der Waals surface area contributed by atoms with Crippen molar-refractivity contribution < 1.29 is 9.59 Å². The van der Waals surface area contributed by atoms with Gasteiger partial charge < -0.3 is 10.6 Å². The molecule has 0 spiro atoms. The smallest absolute Gasteiger partial charge is 0.262 e. The molecular formula is C17H19ClN2O2S. The predicted molar refractivity (Wildman–Crippen MR) is 93.7 cm³/mol. The molecule has 0 aliphatic heterocycles. The van der Waals surface area contributed by atoms with Crippen LogP contribution in [0.15, 0.2) is 41.8 Å². The summed E-state index contributed by atoms with van der Waals surface area (Å²) in [6.45, 7) is 4.12. The summed E-state index contributed by atoms with van der Waals surface area (Å²) >= 11 is 7.43. The van der Waals surface area contributed by atoms with Crippen LogP contribution < -0.4 is 10.6 Å². The average Bonchev–Trinajstić information content (AvgIpc) is 3.05. The first kappa shape index (κ1) is 17.5. The van der Waals surface area contributed by atoms with Gasteiger partial charge >= 0.3 is 0 Å². The van der Waals surface area contributed by atoms with Gasteiger partial charge in [-0.3, -0.25) is 9.59 Å². The Labute approximate surface area is 144 Å². The molecular weight excluding hydrogens is 332 g/mol.